The Hall–Kier alpha value is -2.94. The average molecular weight is 401 g/mol. The number of aromatic nitrogens is 2. The molecule has 0 N–H and O–H groups in total. The number of pyridine rings is 2. The molecule has 2 aromatic heterocycles. The molecule has 3 aromatic carbocycles. The van der Waals surface area contributed by atoms with E-state index in [2.05, 4.69) is 29.2 Å². The highest BCUT2D eigenvalue weighted by Crippen LogP contribution is 2.36. The molecule has 134 valence electrons. The van der Waals surface area contributed by atoms with Crippen molar-refractivity contribution in [3.05, 3.63) is 95.1 Å². The summed E-state index contributed by atoms with van der Waals surface area (Å²) >= 11 is 12.2. The van der Waals surface area contributed by atoms with E-state index < -0.39 is 0 Å². The summed E-state index contributed by atoms with van der Waals surface area (Å²) in [4.78, 5) is 9.63. The number of benzene rings is 3. The van der Waals surface area contributed by atoms with Gasteiger partial charge < -0.3 is 0 Å². The predicted molar refractivity (Wildman–Crippen MR) is 118 cm³/mol. The van der Waals surface area contributed by atoms with Crippen LogP contribution in [0, 0.1) is 0 Å². The lowest BCUT2D eigenvalue weighted by molar-refractivity contribution is 1.37. The number of hydrogen-bond donors (Lipinski definition) is 0. The van der Waals surface area contributed by atoms with Gasteiger partial charge in [0.25, 0.3) is 0 Å². The maximum atomic E-state index is 6.10. The number of rotatable bonds is 2. The van der Waals surface area contributed by atoms with Crippen LogP contribution in [0.1, 0.15) is 0 Å². The number of halogens is 2. The Bertz CT molecular complexity index is 1310. The third-order valence-corrected chi connectivity index (χ3v) is 5.33. The molecule has 0 spiro atoms. The molecule has 0 radical (unpaired) electrons. The zero-order valence-corrected chi connectivity index (χ0v) is 16.2. The lowest BCUT2D eigenvalue weighted by Gasteiger charge is -2.13. The lowest BCUT2D eigenvalue weighted by Crippen LogP contribution is -1.93. The normalized spacial score (nSPS) is 11.2. The fourth-order valence-corrected chi connectivity index (χ4v) is 3.70. The Morgan fingerprint density at radius 1 is 0.607 bits per heavy atom. The van der Waals surface area contributed by atoms with Gasteiger partial charge in [0.15, 0.2) is 0 Å². The van der Waals surface area contributed by atoms with Crippen LogP contribution in [0.15, 0.2) is 85.1 Å². The van der Waals surface area contributed by atoms with Gasteiger partial charge in [0, 0.05) is 38.1 Å². The molecule has 0 aliphatic rings. The van der Waals surface area contributed by atoms with Gasteiger partial charge in [0.1, 0.15) is 0 Å². The van der Waals surface area contributed by atoms with Gasteiger partial charge in [-0.15, -0.1) is 0 Å². The molecule has 0 fully saturated rings. The Morgan fingerprint density at radius 3 is 1.96 bits per heavy atom. The number of nitrogens with zero attached hydrogens (tertiary/aromatic N) is 2. The van der Waals surface area contributed by atoms with Crippen molar-refractivity contribution < 1.29 is 0 Å². The standard InChI is InChI=1S/C24H14Cl2N2/c25-19-9-5-15(6-10-19)21-14-18-4-3-16-2-1-13-27-23(16)24(18)28-22(21)17-7-11-20(26)12-8-17/h1-14H. The van der Waals surface area contributed by atoms with Gasteiger partial charge in [-0.05, 0) is 42.0 Å². The van der Waals surface area contributed by atoms with Crippen LogP contribution in [0.2, 0.25) is 10.0 Å². The predicted octanol–water partition coefficient (Wildman–Crippen LogP) is 7.42. The van der Waals surface area contributed by atoms with E-state index in [1.54, 1.807) is 6.20 Å². The minimum absolute atomic E-state index is 0.699. The van der Waals surface area contributed by atoms with Crippen molar-refractivity contribution in [2.24, 2.45) is 0 Å². The van der Waals surface area contributed by atoms with Crippen molar-refractivity contribution in [1.82, 2.24) is 9.97 Å². The van der Waals surface area contributed by atoms with Crippen LogP contribution in [0.5, 0.6) is 0 Å². The molecule has 0 amide bonds. The monoisotopic (exact) mass is 400 g/mol. The molecule has 0 bridgehead atoms. The lowest BCUT2D eigenvalue weighted by atomic mass is 9.97. The van der Waals surface area contributed by atoms with Crippen molar-refractivity contribution in [1.29, 1.82) is 0 Å². The van der Waals surface area contributed by atoms with Crippen LogP contribution in [0.3, 0.4) is 0 Å². The first-order valence-electron chi connectivity index (χ1n) is 8.89. The van der Waals surface area contributed by atoms with Gasteiger partial charge in [-0.3, -0.25) is 4.98 Å². The fourth-order valence-electron chi connectivity index (χ4n) is 3.45. The summed E-state index contributed by atoms with van der Waals surface area (Å²) in [7, 11) is 0. The summed E-state index contributed by atoms with van der Waals surface area (Å²) in [6, 6.07) is 25.9. The number of hydrogen-bond acceptors (Lipinski definition) is 2. The highest BCUT2D eigenvalue weighted by atomic mass is 35.5. The van der Waals surface area contributed by atoms with E-state index in [4.69, 9.17) is 28.2 Å². The molecule has 4 heteroatoms. The zero-order valence-electron chi connectivity index (χ0n) is 14.7. The third-order valence-electron chi connectivity index (χ3n) is 4.83. The van der Waals surface area contributed by atoms with Gasteiger partial charge in [0.2, 0.25) is 0 Å². The summed E-state index contributed by atoms with van der Waals surface area (Å²) in [5.74, 6) is 0. The second kappa shape index (κ2) is 6.90. The minimum atomic E-state index is 0.699. The van der Waals surface area contributed by atoms with E-state index in [0.717, 1.165) is 44.2 Å². The molecule has 0 saturated carbocycles. The molecule has 5 rings (SSSR count). The summed E-state index contributed by atoms with van der Waals surface area (Å²) in [6.45, 7) is 0. The Labute approximate surface area is 172 Å². The van der Waals surface area contributed by atoms with Crippen LogP contribution in [0.25, 0.3) is 44.2 Å². The van der Waals surface area contributed by atoms with Crippen molar-refractivity contribution in [3.63, 3.8) is 0 Å². The first-order valence-corrected chi connectivity index (χ1v) is 9.65. The Balaban J connectivity index is 1.86. The molecule has 2 heterocycles. The summed E-state index contributed by atoms with van der Waals surface area (Å²) in [5.41, 5.74) is 5.79. The smallest absolute Gasteiger partial charge is 0.0972 e. The Morgan fingerprint density at radius 2 is 1.25 bits per heavy atom. The summed E-state index contributed by atoms with van der Waals surface area (Å²) < 4.78 is 0. The van der Waals surface area contributed by atoms with Crippen LogP contribution >= 0.6 is 23.2 Å². The van der Waals surface area contributed by atoms with Crippen LogP contribution in [0.4, 0.5) is 0 Å². The molecule has 0 unspecified atom stereocenters. The summed E-state index contributed by atoms with van der Waals surface area (Å²) in [5, 5.41) is 3.53. The first-order chi connectivity index (χ1) is 13.7. The molecule has 0 atom stereocenters. The molecular formula is C24H14Cl2N2. The van der Waals surface area contributed by atoms with E-state index in [9.17, 15) is 0 Å². The first kappa shape index (κ1) is 17.2. The zero-order chi connectivity index (χ0) is 19.1. The van der Waals surface area contributed by atoms with Crippen molar-refractivity contribution >= 4 is 45.0 Å². The third kappa shape index (κ3) is 3.01. The minimum Gasteiger partial charge on any atom is -0.254 e. The maximum absolute atomic E-state index is 6.10. The largest absolute Gasteiger partial charge is 0.254 e. The molecular weight excluding hydrogens is 387 g/mol. The van der Waals surface area contributed by atoms with Crippen LogP contribution in [-0.4, -0.2) is 9.97 Å². The van der Waals surface area contributed by atoms with Gasteiger partial charge in [0.05, 0.1) is 16.7 Å². The molecule has 28 heavy (non-hydrogen) atoms. The summed E-state index contributed by atoms with van der Waals surface area (Å²) in [6.07, 6.45) is 1.80. The molecule has 5 aromatic rings. The van der Waals surface area contributed by atoms with E-state index in [1.165, 1.54) is 0 Å². The van der Waals surface area contributed by atoms with Gasteiger partial charge in [-0.2, -0.15) is 0 Å². The fraction of sp³-hybridized carbons (Fsp3) is 0. The second-order valence-electron chi connectivity index (χ2n) is 6.61. The van der Waals surface area contributed by atoms with Gasteiger partial charge >= 0.3 is 0 Å². The van der Waals surface area contributed by atoms with E-state index in [0.29, 0.717) is 10.0 Å². The molecule has 0 aliphatic carbocycles. The van der Waals surface area contributed by atoms with E-state index in [-0.39, 0.29) is 0 Å². The highest BCUT2D eigenvalue weighted by molar-refractivity contribution is 6.31. The van der Waals surface area contributed by atoms with Crippen LogP contribution in [-0.2, 0) is 0 Å². The van der Waals surface area contributed by atoms with Crippen molar-refractivity contribution in [3.8, 4) is 22.4 Å². The van der Waals surface area contributed by atoms with E-state index in [1.807, 2.05) is 54.6 Å². The van der Waals surface area contributed by atoms with Crippen molar-refractivity contribution in [2.75, 3.05) is 0 Å². The molecule has 0 aliphatic heterocycles. The van der Waals surface area contributed by atoms with E-state index >= 15 is 0 Å². The van der Waals surface area contributed by atoms with Crippen molar-refractivity contribution in [2.45, 2.75) is 0 Å². The van der Waals surface area contributed by atoms with Gasteiger partial charge in [-0.25, -0.2) is 4.98 Å². The quantitative estimate of drug-likeness (QED) is 0.288. The Kier molecular flexibility index (Phi) is 4.23. The van der Waals surface area contributed by atoms with Gasteiger partial charge in [-0.1, -0.05) is 65.7 Å². The molecule has 2 nitrogen and oxygen atoms in total. The second-order valence-corrected chi connectivity index (χ2v) is 7.48. The highest BCUT2D eigenvalue weighted by Gasteiger charge is 2.13. The SMILES string of the molecule is Clc1ccc(-c2cc3ccc4cccnc4c3nc2-c2ccc(Cl)cc2)cc1. The number of fused-ring (bicyclic) bond motifs is 3. The topological polar surface area (TPSA) is 25.8 Å². The average Bonchev–Trinajstić information content (AvgIpc) is 2.74. The molecule has 0 saturated heterocycles. The maximum Gasteiger partial charge on any atom is 0.0972 e. The van der Waals surface area contributed by atoms with Crippen LogP contribution < -0.4 is 0 Å².